The first-order chi connectivity index (χ1) is 22.0. The molecule has 0 fully saturated rings. The number of benzene rings is 6. The number of rotatable bonds is 4. The first-order valence-electron chi connectivity index (χ1n) is 15.4. The zero-order chi connectivity index (χ0) is 30.1. The Hall–Kier alpha value is -5.67. The molecule has 0 radical (unpaired) electrons. The van der Waals surface area contributed by atoms with Gasteiger partial charge in [0, 0.05) is 33.7 Å². The van der Waals surface area contributed by atoms with Crippen LogP contribution in [0, 0.1) is 0 Å². The molecule has 8 aromatic rings. The van der Waals surface area contributed by atoms with E-state index in [1.54, 1.807) is 0 Å². The van der Waals surface area contributed by atoms with E-state index in [2.05, 4.69) is 134 Å². The van der Waals surface area contributed by atoms with E-state index in [-0.39, 0.29) is 5.41 Å². The molecule has 0 bridgehead atoms. The van der Waals surface area contributed by atoms with Crippen molar-refractivity contribution in [2.75, 3.05) is 0 Å². The molecule has 0 saturated carbocycles. The molecular formula is C42H29N3. The maximum atomic E-state index is 5.15. The molecule has 9 rings (SSSR count). The van der Waals surface area contributed by atoms with Crippen LogP contribution in [0.25, 0.3) is 77.5 Å². The Bertz CT molecular complexity index is 2390. The summed E-state index contributed by atoms with van der Waals surface area (Å²) in [6.07, 6.45) is 1.85. The minimum atomic E-state index is -0.191. The molecule has 0 N–H and O–H groups in total. The van der Waals surface area contributed by atoms with Crippen LogP contribution in [-0.2, 0) is 5.41 Å². The standard InChI is InChI=1S/C42H29N3/c1-42(2)34-23-32(28-17-18-36-29(20-28)14-9-19-43-36)21-30-15-16-31-22-33(24-35(42)40(31)39(30)34)41-44-37(26-10-5-3-6-11-26)25-38(45-41)27-12-7-4-8-13-27/h3-25H,1-2H3. The quantitative estimate of drug-likeness (QED) is 0.196. The Morgan fingerprint density at radius 1 is 0.444 bits per heavy atom. The molecule has 0 aliphatic heterocycles. The van der Waals surface area contributed by atoms with Crippen molar-refractivity contribution < 1.29 is 0 Å². The van der Waals surface area contributed by atoms with Gasteiger partial charge in [0.05, 0.1) is 16.9 Å². The highest BCUT2D eigenvalue weighted by Gasteiger charge is 2.35. The van der Waals surface area contributed by atoms with Gasteiger partial charge in [0.15, 0.2) is 5.82 Å². The average Bonchev–Trinajstić information content (AvgIpc) is 3.33. The van der Waals surface area contributed by atoms with Crippen molar-refractivity contribution in [2.45, 2.75) is 19.3 Å². The maximum Gasteiger partial charge on any atom is 0.160 e. The van der Waals surface area contributed by atoms with Crippen molar-refractivity contribution in [3.63, 3.8) is 0 Å². The molecule has 2 heterocycles. The molecule has 212 valence electrons. The summed E-state index contributed by atoms with van der Waals surface area (Å²) in [4.78, 5) is 14.8. The normalized spacial score (nSPS) is 13.3. The number of aromatic nitrogens is 3. The van der Waals surface area contributed by atoms with Gasteiger partial charge in [-0.15, -0.1) is 0 Å². The number of hydrogen-bond acceptors (Lipinski definition) is 3. The summed E-state index contributed by atoms with van der Waals surface area (Å²) in [7, 11) is 0. The molecular weight excluding hydrogens is 546 g/mol. The summed E-state index contributed by atoms with van der Waals surface area (Å²) >= 11 is 0. The first-order valence-corrected chi connectivity index (χ1v) is 15.4. The Kier molecular flexibility index (Phi) is 5.54. The predicted octanol–water partition coefficient (Wildman–Crippen LogP) is 10.6. The van der Waals surface area contributed by atoms with E-state index in [0.29, 0.717) is 0 Å². The van der Waals surface area contributed by atoms with Crippen molar-refractivity contribution in [3.05, 3.63) is 151 Å². The molecule has 0 atom stereocenters. The topological polar surface area (TPSA) is 38.7 Å². The van der Waals surface area contributed by atoms with Crippen LogP contribution in [0.5, 0.6) is 0 Å². The van der Waals surface area contributed by atoms with Gasteiger partial charge < -0.3 is 0 Å². The third-order valence-corrected chi connectivity index (χ3v) is 9.44. The lowest BCUT2D eigenvalue weighted by atomic mass is 9.80. The lowest BCUT2D eigenvalue weighted by Crippen LogP contribution is -2.15. The zero-order valence-corrected chi connectivity index (χ0v) is 25.1. The largest absolute Gasteiger partial charge is 0.256 e. The molecule has 3 heteroatoms. The van der Waals surface area contributed by atoms with Gasteiger partial charge in [-0.3, -0.25) is 4.98 Å². The average molecular weight is 576 g/mol. The minimum Gasteiger partial charge on any atom is -0.256 e. The molecule has 1 aliphatic carbocycles. The highest BCUT2D eigenvalue weighted by molar-refractivity contribution is 6.16. The lowest BCUT2D eigenvalue weighted by molar-refractivity contribution is 0.663. The van der Waals surface area contributed by atoms with E-state index in [0.717, 1.165) is 44.8 Å². The summed E-state index contributed by atoms with van der Waals surface area (Å²) in [6, 6.07) is 47.5. The first kappa shape index (κ1) is 25.8. The SMILES string of the molecule is CC1(C)c2cc(-c3ccc4ncccc4c3)cc3ccc4cc(-c5nc(-c6ccccc6)cc(-c6ccccc6)n5)cc1c4c23. The van der Waals surface area contributed by atoms with Gasteiger partial charge in [-0.2, -0.15) is 0 Å². The molecule has 0 amide bonds. The smallest absolute Gasteiger partial charge is 0.160 e. The van der Waals surface area contributed by atoms with Crippen LogP contribution >= 0.6 is 0 Å². The van der Waals surface area contributed by atoms with Crippen LogP contribution < -0.4 is 0 Å². The van der Waals surface area contributed by atoms with Gasteiger partial charge in [-0.1, -0.05) is 98.8 Å². The Balaban J connectivity index is 1.23. The molecule has 2 aromatic heterocycles. The summed E-state index contributed by atoms with van der Waals surface area (Å²) in [5.41, 5.74) is 11.0. The van der Waals surface area contributed by atoms with Crippen LogP contribution in [0.15, 0.2) is 140 Å². The third-order valence-electron chi connectivity index (χ3n) is 9.44. The summed E-state index contributed by atoms with van der Waals surface area (Å²) < 4.78 is 0. The second kappa shape index (κ2) is 9.67. The predicted molar refractivity (Wildman–Crippen MR) is 186 cm³/mol. The summed E-state index contributed by atoms with van der Waals surface area (Å²) in [5.74, 6) is 0.741. The van der Waals surface area contributed by atoms with Crippen molar-refractivity contribution in [1.82, 2.24) is 15.0 Å². The lowest BCUT2D eigenvalue weighted by Gasteiger charge is -2.23. The summed E-state index contributed by atoms with van der Waals surface area (Å²) in [6.45, 7) is 4.70. The van der Waals surface area contributed by atoms with Crippen LogP contribution in [0.4, 0.5) is 0 Å². The van der Waals surface area contributed by atoms with Crippen molar-refractivity contribution in [2.24, 2.45) is 0 Å². The monoisotopic (exact) mass is 575 g/mol. The number of pyridine rings is 1. The van der Waals surface area contributed by atoms with E-state index in [4.69, 9.17) is 9.97 Å². The molecule has 0 unspecified atom stereocenters. The van der Waals surface area contributed by atoms with Crippen molar-refractivity contribution >= 4 is 32.4 Å². The van der Waals surface area contributed by atoms with Crippen LogP contribution in [0.3, 0.4) is 0 Å². The molecule has 45 heavy (non-hydrogen) atoms. The van der Waals surface area contributed by atoms with Gasteiger partial charge in [0.25, 0.3) is 0 Å². The number of nitrogens with zero attached hydrogens (tertiary/aromatic N) is 3. The number of fused-ring (bicyclic) bond motifs is 1. The Morgan fingerprint density at radius 2 is 1.02 bits per heavy atom. The fourth-order valence-electron chi connectivity index (χ4n) is 7.10. The van der Waals surface area contributed by atoms with Gasteiger partial charge in [-0.05, 0) is 92.3 Å². The van der Waals surface area contributed by atoms with E-state index < -0.39 is 0 Å². The van der Waals surface area contributed by atoms with E-state index >= 15 is 0 Å². The fraction of sp³-hybridized carbons (Fsp3) is 0.0714. The fourth-order valence-corrected chi connectivity index (χ4v) is 7.10. The van der Waals surface area contributed by atoms with E-state index in [9.17, 15) is 0 Å². The third kappa shape index (κ3) is 4.08. The van der Waals surface area contributed by atoms with Crippen LogP contribution in [0.2, 0.25) is 0 Å². The second-order valence-electron chi connectivity index (χ2n) is 12.5. The minimum absolute atomic E-state index is 0.191. The second-order valence-corrected chi connectivity index (χ2v) is 12.5. The van der Waals surface area contributed by atoms with Gasteiger partial charge >= 0.3 is 0 Å². The zero-order valence-electron chi connectivity index (χ0n) is 25.1. The van der Waals surface area contributed by atoms with Crippen LogP contribution in [-0.4, -0.2) is 15.0 Å². The Labute approximate surface area is 261 Å². The van der Waals surface area contributed by atoms with E-state index in [1.807, 2.05) is 24.4 Å². The number of hydrogen-bond donors (Lipinski definition) is 0. The summed E-state index contributed by atoms with van der Waals surface area (Å²) in [5, 5.41) is 6.35. The van der Waals surface area contributed by atoms with Gasteiger partial charge in [-0.25, -0.2) is 9.97 Å². The maximum absolute atomic E-state index is 5.15. The van der Waals surface area contributed by atoms with Crippen molar-refractivity contribution in [3.8, 4) is 45.0 Å². The van der Waals surface area contributed by atoms with Gasteiger partial charge in [0.1, 0.15) is 0 Å². The molecule has 1 aliphatic rings. The highest BCUT2D eigenvalue weighted by atomic mass is 14.9. The highest BCUT2D eigenvalue weighted by Crippen LogP contribution is 2.51. The van der Waals surface area contributed by atoms with Gasteiger partial charge in [0.2, 0.25) is 0 Å². The van der Waals surface area contributed by atoms with Crippen molar-refractivity contribution in [1.29, 1.82) is 0 Å². The molecule has 0 spiro atoms. The van der Waals surface area contributed by atoms with Crippen LogP contribution in [0.1, 0.15) is 25.0 Å². The van der Waals surface area contributed by atoms with E-state index in [1.165, 1.54) is 43.8 Å². The molecule has 3 nitrogen and oxygen atoms in total. The molecule has 6 aromatic carbocycles. The molecule has 0 saturated heterocycles. The Morgan fingerprint density at radius 3 is 1.67 bits per heavy atom.